The van der Waals surface area contributed by atoms with E-state index in [4.69, 9.17) is 11.6 Å². The predicted octanol–water partition coefficient (Wildman–Crippen LogP) is 1.06. The lowest BCUT2D eigenvalue weighted by Crippen LogP contribution is -2.54. The number of nitrogens with one attached hydrogen (secondary N) is 3. The molecule has 1 atom stereocenters. The van der Waals surface area contributed by atoms with Gasteiger partial charge in [-0.25, -0.2) is 9.97 Å². The van der Waals surface area contributed by atoms with Crippen molar-refractivity contribution in [3.63, 3.8) is 0 Å². The summed E-state index contributed by atoms with van der Waals surface area (Å²) in [5, 5.41) is 8.70. The first kappa shape index (κ1) is 19.8. The highest BCUT2D eigenvalue weighted by atomic mass is 35.5. The molecule has 1 aromatic carbocycles. The molecule has 3 heterocycles. The van der Waals surface area contributed by atoms with Crippen LogP contribution in [0.2, 0.25) is 5.15 Å². The molecular weight excluding hydrogens is 412 g/mol. The first-order chi connectivity index (χ1) is 14.5. The highest BCUT2D eigenvalue weighted by molar-refractivity contribution is 6.29. The number of hydrogen-bond acceptors (Lipinski definition) is 8. The van der Waals surface area contributed by atoms with Crippen molar-refractivity contribution in [2.45, 2.75) is 18.9 Å². The summed E-state index contributed by atoms with van der Waals surface area (Å²) in [7, 11) is 0. The number of imide groups is 2. The molecule has 4 amide bonds. The highest BCUT2D eigenvalue weighted by Crippen LogP contribution is 2.32. The lowest BCUT2D eigenvalue weighted by atomic mass is 10.0. The summed E-state index contributed by atoms with van der Waals surface area (Å²) in [5.41, 5.74) is 0.936. The molecular formula is C19H17ClN6O4. The SMILES string of the molecule is O=C1CCC(N2C(=O)c3cccc(NCCNc4cc(Cl)ncn4)c3C2=O)C(=O)N1. The van der Waals surface area contributed by atoms with Gasteiger partial charge in [-0.1, -0.05) is 17.7 Å². The van der Waals surface area contributed by atoms with E-state index in [0.29, 0.717) is 29.7 Å². The third kappa shape index (κ3) is 3.69. The van der Waals surface area contributed by atoms with Gasteiger partial charge in [-0.05, 0) is 18.6 Å². The smallest absolute Gasteiger partial charge is 0.264 e. The summed E-state index contributed by atoms with van der Waals surface area (Å²) < 4.78 is 0. The molecule has 0 radical (unpaired) electrons. The summed E-state index contributed by atoms with van der Waals surface area (Å²) in [6.07, 6.45) is 1.54. The van der Waals surface area contributed by atoms with E-state index in [1.807, 2.05) is 0 Å². The Morgan fingerprint density at radius 2 is 1.90 bits per heavy atom. The molecule has 0 saturated carbocycles. The number of fused-ring (bicyclic) bond motifs is 1. The van der Waals surface area contributed by atoms with Gasteiger partial charge < -0.3 is 10.6 Å². The Morgan fingerprint density at radius 3 is 2.67 bits per heavy atom. The molecule has 2 aliphatic rings. The largest absolute Gasteiger partial charge is 0.383 e. The van der Waals surface area contributed by atoms with Crippen LogP contribution in [-0.4, -0.2) is 57.6 Å². The van der Waals surface area contributed by atoms with E-state index in [-0.39, 0.29) is 24.0 Å². The summed E-state index contributed by atoms with van der Waals surface area (Å²) in [5.74, 6) is -1.58. The molecule has 0 bridgehead atoms. The van der Waals surface area contributed by atoms with E-state index in [1.165, 1.54) is 6.33 Å². The molecule has 2 aromatic rings. The van der Waals surface area contributed by atoms with Crippen molar-refractivity contribution in [3.8, 4) is 0 Å². The normalized spacial score (nSPS) is 18.3. The average molecular weight is 429 g/mol. The highest BCUT2D eigenvalue weighted by Gasteiger charge is 2.45. The first-order valence-corrected chi connectivity index (χ1v) is 9.63. The minimum atomic E-state index is -0.993. The van der Waals surface area contributed by atoms with Gasteiger partial charge in [-0.15, -0.1) is 0 Å². The predicted molar refractivity (Wildman–Crippen MR) is 107 cm³/mol. The quantitative estimate of drug-likeness (QED) is 0.353. The Labute approximate surface area is 176 Å². The third-order valence-corrected chi connectivity index (χ3v) is 5.06. The molecule has 3 N–H and O–H groups in total. The van der Waals surface area contributed by atoms with Crippen molar-refractivity contribution in [2.24, 2.45) is 0 Å². The van der Waals surface area contributed by atoms with E-state index in [0.717, 1.165) is 4.90 Å². The number of nitrogens with zero attached hydrogens (tertiary/aromatic N) is 3. The van der Waals surface area contributed by atoms with Gasteiger partial charge in [0.25, 0.3) is 11.8 Å². The van der Waals surface area contributed by atoms with Crippen molar-refractivity contribution in [3.05, 3.63) is 46.9 Å². The molecule has 1 unspecified atom stereocenters. The van der Waals surface area contributed by atoms with Crippen LogP contribution in [0.25, 0.3) is 0 Å². The van der Waals surface area contributed by atoms with Crippen LogP contribution in [0.5, 0.6) is 0 Å². The number of aromatic nitrogens is 2. The minimum Gasteiger partial charge on any atom is -0.383 e. The van der Waals surface area contributed by atoms with Gasteiger partial charge in [0.2, 0.25) is 11.8 Å². The summed E-state index contributed by atoms with van der Waals surface area (Å²) >= 11 is 5.82. The number of amides is 4. The monoisotopic (exact) mass is 428 g/mol. The standard InChI is InChI=1S/C19H17ClN6O4/c20-13-8-14(24-9-23-13)22-7-6-21-11-3-1-2-10-16(11)19(30)26(18(10)29)12-4-5-15(27)25-17(12)28/h1-3,8-9,12,21H,4-7H2,(H,22,23,24)(H,25,27,28). The zero-order valence-corrected chi connectivity index (χ0v) is 16.4. The van der Waals surface area contributed by atoms with Crippen molar-refractivity contribution in [1.29, 1.82) is 0 Å². The zero-order valence-electron chi connectivity index (χ0n) is 15.6. The number of benzene rings is 1. The van der Waals surface area contributed by atoms with Gasteiger partial charge in [0.1, 0.15) is 23.3 Å². The minimum absolute atomic E-state index is 0.0770. The maximum Gasteiger partial charge on any atom is 0.264 e. The number of hydrogen-bond donors (Lipinski definition) is 3. The molecule has 1 aromatic heterocycles. The van der Waals surface area contributed by atoms with Gasteiger partial charge in [0.15, 0.2) is 0 Å². The van der Waals surface area contributed by atoms with Crippen LogP contribution in [0.15, 0.2) is 30.6 Å². The number of piperidine rings is 1. The Kier molecular flexibility index (Phi) is 5.32. The summed E-state index contributed by atoms with van der Waals surface area (Å²) in [6.45, 7) is 0.897. The molecule has 1 fully saturated rings. The molecule has 1 saturated heterocycles. The van der Waals surface area contributed by atoms with Crippen LogP contribution < -0.4 is 16.0 Å². The fourth-order valence-corrected chi connectivity index (χ4v) is 3.63. The molecule has 11 heteroatoms. The molecule has 154 valence electrons. The second-order valence-electron chi connectivity index (χ2n) is 6.75. The average Bonchev–Trinajstić information content (AvgIpc) is 2.97. The second kappa shape index (κ2) is 8.07. The fourth-order valence-electron chi connectivity index (χ4n) is 3.48. The van der Waals surface area contributed by atoms with Crippen LogP contribution >= 0.6 is 11.6 Å². The van der Waals surface area contributed by atoms with Crippen molar-refractivity contribution >= 4 is 46.7 Å². The molecule has 0 aliphatic carbocycles. The molecule has 30 heavy (non-hydrogen) atoms. The van der Waals surface area contributed by atoms with Gasteiger partial charge in [0.05, 0.1) is 11.1 Å². The Hall–Kier alpha value is -3.53. The van der Waals surface area contributed by atoms with E-state index >= 15 is 0 Å². The molecule has 4 rings (SSSR count). The Balaban J connectivity index is 1.46. The van der Waals surface area contributed by atoms with Gasteiger partial charge in [-0.3, -0.25) is 29.4 Å². The number of rotatable bonds is 6. The number of halogens is 1. The third-order valence-electron chi connectivity index (χ3n) is 4.85. The maximum absolute atomic E-state index is 13.0. The molecule has 2 aliphatic heterocycles. The fraction of sp³-hybridized carbons (Fsp3) is 0.263. The first-order valence-electron chi connectivity index (χ1n) is 9.25. The number of anilines is 2. The van der Waals surface area contributed by atoms with Crippen molar-refractivity contribution in [2.75, 3.05) is 23.7 Å². The van der Waals surface area contributed by atoms with Crippen LogP contribution in [-0.2, 0) is 9.59 Å². The lowest BCUT2D eigenvalue weighted by Gasteiger charge is -2.27. The summed E-state index contributed by atoms with van der Waals surface area (Å²) in [6, 6.07) is 5.50. The van der Waals surface area contributed by atoms with Crippen LogP contribution in [0.4, 0.5) is 11.5 Å². The van der Waals surface area contributed by atoms with Crippen LogP contribution in [0.1, 0.15) is 33.6 Å². The Morgan fingerprint density at radius 1 is 1.10 bits per heavy atom. The van der Waals surface area contributed by atoms with E-state index < -0.39 is 29.7 Å². The van der Waals surface area contributed by atoms with E-state index in [2.05, 4.69) is 25.9 Å². The number of carbonyl (C=O) groups is 4. The van der Waals surface area contributed by atoms with Crippen molar-refractivity contribution in [1.82, 2.24) is 20.2 Å². The topological polar surface area (TPSA) is 133 Å². The maximum atomic E-state index is 13.0. The van der Waals surface area contributed by atoms with Crippen molar-refractivity contribution < 1.29 is 19.2 Å². The van der Waals surface area contributed by atoms with Gasteiger partial charge in [0, 0.05) is 31.3 Å². The van der Waals surface area contributed by atoms with Crippen LogP contribution in [0.3, 0.4) is 0 Å². The van der Waals surface area contributed by atoms with Crippen LogP contribution in [0, 0.1) is 0 Å². The lowest BCUT2D eigenvalue weighted by molar-refractivity contribution is -0.136. The van der Waals surface area contributed by atoms with E-state index in [1.54, 1.807) is 24.3 Å². The Bertz CT molecular complexity index is 1060. The zero-order chi connectivity index (χ0) is 21.3. The second-order valence-corrected chi connectivity index (χ2v) is 7.14. The molecule has 0 spiro atoms. The summed E-state index contributed by atoms with van der Waals surface area (Å²) in [4.78, 5) is 58.1. The molecule has 10 nitrogen and oxygen atoms in total. The van der Waals surface area contributed by atoms with E-state index in [9.17, 15) is 19.2 Å². The van der Waals surface area contributed by atoms with Gasteiger partial charge >= 0.3 is 0 Å². The van der Waals surface area contributed by atoms with Gasteiger partial charge in [-0.2, -0.15) is 0 Å². The number of carbonyl (C=O) groups excluding carboxylic acids is 4.